The van der Waals surface area contributed by atoms with Gasteiger partial charge in [0.2, 0.25) is 0 Å². The zero-order chi connectivity index (χ0) is 24.4. The molecule has 3 aromatic rings. The summed E-state index contributed by atoms with van der Waals surface area (Å²) in [5.41, 5.74) is 5.57. The Balaban J connectivity index is 1.24. The predicted molar refractivity (Wildman–Crippen MR) is 145 cm³/mol. The number of para-hydroxylation sites is 1. The summed E-state index contributed by atoms with van der Waals surface area (Å²) in [6.45, 7) is 8.08. The van der Waals surface area contributed by atoms with Gasteiger partial charge in [-0.3, -0.25) is 9.47 Å². The van der Waals surface area contributed by atoms with Crippen molar-refractivity contribution >= 4 is 27.8 Å². The number of benzene rings is 2. The molecule has 0 saturated carbocycles. The molecular formula is C31H37N3O. The maximum absolute atomic E-state index is 13.0. The molecule has 1 aromatic heterocycles. The fourth-order valence-electron chi connectivity index (χ4n) is 7.16. The monoisotopic (exact) mass is 467 g/mol. The topological polar surface area (TPSA) is 28.5 Å². The maximum Gasteiger partial charge on any atom is 0.328 e. The second kappa shape index (κ2) is 8.09. The summed E-state index contributed by atoms with van der Waals surface area (Å²) >= 11 is 0. The number of hydrogen-bond donors (Lipinski definition) is 0. The van der Waals surface area contributed by atoms with Gasteiger partial charge < -0.3 is 4.90 Å². The molecular weight excluding hydrogens is 430 g/mol. The van der Waals surface area contributed by atoms with Crippen molar-refractivity contribution in [2.24, 2.45) is 16.7 Å². The van der Waals surface area contributed by atoms with Crippen LogP contribution in [0.1, 0.15) is 45.1 Å². The van der Waals surface area contributed by atoms with Crippen LogP contribution in [0.4, 0.5) is 4.79 Å². The highest BCUT2D eigenvalue weighted by atomic mass is 16.2. The number of likely N-dealkylation sites (tertiary alicyclic amines) is 1. The van der Waals surface area contributed by atoms with Crippen LogP contribution in [0.25, 0.3) is 21.8 Å². The molecule has 1 aliphatic heterocycles. The summed E-state index contributed by atoms with van der Waals surface area (Å²) in [6, 6.07) is 14.9. The van der Waals surface area contributed by atoms with Crippen molar-refractivity contribution in [2.75, 3.05) is 27.2 Å². The van der Waals surface area contributed by atoms with Crippen molar-refractivity contribution in [1.29, 1.82) is 0 Å². The smallest absolute Gasteiger partial charge is 0.328 e. The van der Waals surface area contributed by atoms with E-state index in [4.69, 9.17) is 0 Å². The molecule has 4 nitrogen and oxygen atoms in total. The summed E-state index contributed by atoms with van der Waals surface area (Å²) in [5, 5.41) is 2.31. The molecule has 35 heavy (non-hydrogen) atoms. The Hall–Kier alpha value is -2.85. The lowest BCUT2D eigenvalue weighted by Crippen LogP contribution is -2.41. The van der Waals surface area contributed by atoms with E-state index in [1.807, 2.05) is 30.8 Å². The van der Waals surface area contributed by atoms with E-state index in [0.717, 1.165) is 47.4 Å². The Morgan fingerprint density at radius 1 is 1.03 bits per heavy atom. The van der Waals surface area contributed by atoms with Gasteiger partial charge in [0.25, 0.3) is 0 Å². The van der Waals surface area contributed by atoms with Crippen LogP contribution in [0.15, 0.2) is 66.3 Å². The number of fused-ring (bicyclic) bond motifs is 5. The fourth-order valence-corrected chi connectivity index (χ4v) is 7.16. The number of piperidine rings is 1. The minimum Gasteiger partial charge on any atom is -0.330 e. The van der Waals surface area contributed by atoms with E-state index in [1.54, 1.807) is 10.5 Å². The Bertz CT molecular complexity index is 1370. The van der Waals surface area contributed by atoms with Gasteiger partial charge in [-0.1, -0.05) is 61.9 Å². The fraction of sp³-hybridized carbons (Fsp3) is 0.452. The largest absolute Gasteiger partial charge is 0.330 e. The van der Waals surface area contributed by atoms with Gasteiger partial charge in [0.15, 0.2) is 0 Å². The number of carbonyl (C=O) groups excluding carboxylic acids is 1. The zero-order valence-electron chi connectivity index (χ0n) is 21.6. The van der Waals surface area contributed by atoms with Crippen LogP contribution in [0.5, 0.6) is 0 Å². The molecule has 4 heteroatoms. The molecule has 2 heterocycles. The van der Waals surface area contributed by atoms with Gasteiger partial charge in [-0.2, -0.15) is 0 Å². The SMILES string of the molecule is CC1CC=C2C(C)(C=CC23CCN(Cc2ccc4c(c2)c2ccccc2n4C(=O)N(C)C)CC3)C1. The van der Waals surface area contributed by atoms with Crippen LogP contribution in [-0.2, 0) is 6.54 Å². The molecule has 1 saturated heterocycles. The summed E-state index contributed by atoms with van der Waals surface area (Å²) < 4.78 is 1.85. The third kappa shape index (κ3) is 3.57. The number of hydrogen-bond acceptors (Lipinski definition) is 2. The molecule has 1 fully saturated rings. The first kappa shape index (κ1) is 22.6. The number of nitrogens with zero attached hydrogens (tertiary/aromatic N) is 3. The first-order chi connectivity index (χ1) is 16.8. The predicted octanol–water partition coefficient (Wildman–Crippen LogP) is 6.84. The van der Waals surface area contributed by atoms with Gasteiger partial charge in [-0.05, 0) is 68.5 Å². The summed E-state index contributed by atoms with van der Waals surface area (Å²) in [4.78, 5) is 17.2. The summed E-state index contributed by atoms with van der Waals surface area (Å²) in [7, 11) is 3.62. The van der Waals surface area contributed by atoms with Crippen molar-refractivity contribution in [3.8, 4) is 0 Å². The van der Waals surface area contributed by atoms with E-state index >= 15 is 0 Å². The minimum absolute atomic E-state index is 0.00620. The van der Waals surface area contributed by atoms with E-state index in [1.165, 1.54) is 31.2 Å². The third-order valence-electron chi connectivity index (χ3n) is 8.88. The van der Waals surface area contributed by atoms with Gasteiger partial charge >= 0.3 is 6.03 Å². The molecule has 6 rings (SSSR count). The Morgan fingerprint density at radius 3 is 2.54 bits per heavy atom. The molecule has 0 N–H and O–H groups in total. The lowest BCUT2D eigenvalue weighted by Gasteiger charge is -2.45. The average Bonchev–Trinajstić information content (AvgIpc) is 3.31. The first-order valence-corrected chi connectivity index (χ1v) is 13.2. The van der Waals surface area contributed by atoms with E-state index in [0.29, 0.717) is 0 Å². The summed E-state index contributed by atoms with van der Waals surface area (Å²) in [6.07, 6.45) is 12.7. The van der Waals surface area contributed by atoms with Crippen LogP contribution in [-0.4, -0.2) is 47.6 Å². The number of aromatic nitrogens is 1. The van der Waals surface area contributed by atoms with Crippen molar-refractivity contribution in [3.63, 3.8) is 0 Å². The third-order valence-corrected chi connectivity index (χ3v) is 8.88. The number of allylic oxidation sites excluding steroid dienone is 4. The molecule has 1 spiro atoms. The van der Waals surface area contributed by atoms with Gasteiger partial charge in [0.05, 0.1) is 11.0 Å². The van der Waals surface area contributed by atoms with Crippen LogP contribution < -0.4 is 0 Å². The normalized spacial score (nSPS) is 25.8. The van der Waals surface area contributed by atoms with E-state index < -0.39 is 0 Å². The van der Waals surface area contributed by atoms with Crippen LogP contribution in [0, 0.1) is 16.7 Å². The van der Waals surface area contributed by atoms with Crippen LogP contribution >= 0.6 is 0 Å². The molecule has 2 unspecified atom stereocenters. The van der Waals surface area contributed by atoms with Gasteiger partial charge in [0.1, 0.15) is 0 Å². The van der Waals surface area contributed by atoms with Gasteiger partial charge in [-0.25, -0.2) is 4.79 Å². The Kier molecular flexibility index (Phi) is 5.23. The number of carbonyl (C=O) groups is 1. The molecule has 2 aliphatic carbocycles. The second-order valence-corrected chi connectivity index (χ2v) is 11.7. The first-order valence-electron chi connectivity index (χ1n) is 13.2. The average molecular weight is 468 g/mol. The van der Waals surface area contributed by atoms with Crippen molar-refractivity contribution in [3.05, 3.63) is 71.8 Å². The maximum atomic E-state index is 13.0. The van der Waals surface area contributed by atoms with Gasteiger partial charge in [0, 0.05) is 42.2 Å². The van der Waals surface area contributed by atoms with E-state index in [9.17, 15) is 4.79 Å². The lowest BCUT2D eigenvalue weighted by molar-refractivity contribution is 0.145. The molecule has 0 bridgehead atoms. The van der Waals surface area contributed by atoms with Crippen LogP contribution in [0.2, 0.25) is 0 Å². The number of amides is 1. The highest BCUT2D eigenvalue weighted by molar-refractivity contribution is 6.13. The van der Waals surface area contributed by atoms with Crippen molar-refractivity contribution in [1.82, 2.24) is 14.4 Å². The highest BCUT2D eigenvalue weighted by Crippen LogP contribution is 2.58. The van der Waals surface area contributed by atoms with Crippen molar-refractivity contribution < 1.29 is 4.79 Å². The Morgan fingerprint density at radius 2 is 1.77 bits per heavy atom. The van der Waals surface area contributed by atoms with E-state index in [2.05, 4.69) is 67.3 Å². The Labute approximate surface area is 208 Å². The van der Waals surface area contributed by atoms with Crippen molar-refractivity contribution in [2.45, 2.75) is 46.1 Å². The summed E-state index contributed by atoms with van der Waals surface area (Å²) in [5.74, 6) is 0.789. The van der Waals surface area contributed by atoms with E-state index in [-0.39, 0.29) is 16.9 Å². The quantitative estimate of drug-likeness (QED) is 0.386. The molecule has 2 atom stereocenters. The molecule has 1 amide bonds. The molecule has 182 valence electrons. The number of rotatable bonds is 2. The minimum atomic E-state index is -0.00620. The van der Waals surface area contributed by atoms with Crippen LogP contribution in [0.3, 0.4) is 0 Å². The molecule has 3 aliphatic rings. The highest BCUT2D eigenvalue weighted by Gasteiger charge is 2.48. The standard InChI is InChI=1S/C31H37N3O/c1-22-9-12-28-30(2,20-22)13-14-31(28)15-17-33(18-16-31)21-23-10-11-27-25(19-23)24-7-5-6-8-26(24)34(27)29(35)32(3)4/h5-8,10-14,19,22H,9,15-18,20-21H2,1-4H3. The second-order valence-electron chi connectivity index (χ2n) is 11.7. The zero-order valence-corrected chi connectivity index (χ0v) is 21.6. The van der Waals surface area contributed by atoms with Gasteiger partial charge in [-0.15, -0.1) is 0 Å². The molecule has 2 aromatic carbocycles. The molecule has 0 radical (unpaired) electrons. The lowest BCUT2D eigenvalue weighted by atomic mass is 9.63.